The number of carbonyl (C=O) groups is 1. The molecule has 3 aromatic rings. The minimum atomic E-state index is -0.354. The summed E-state index contributed by atoms with van der Waals surface area (Å²) in [6.45, 7) is 0.904. The van der Waals surface area contributed by atoms with Gasteiger partial charge in [-0.3, -0.25) is 9.36 Å². The lowest BCUT2D eigenvalue weighted by atomic mass is 10.0. The van der Waals surface area contributed by atoms with Gasteiger partial charge in [0.2, 0.25) is 0 Å². The van der Waals surface area contributed by atoms with Crippen LogP contribution in [-0.2, 0) is 20.8 Å². The van der Waals surface area contributed by atoms with Crippen molar-refractivity contribution in [3.05, 3.63) is 45.9 Å². The molecule has 2 heterocycles. The van der Waals surface area contributed by atoms with Crippen LogP contribution in [0.3, 0.4) is 0 Å². The number of H-pyrrole nitrogens is 1. The largest absolute Gasteiger partial charge is 0.469 e. The average Bonchev–Trinajstić information content (AvgIpc) is 3.08. The number of hydrogen-bond acceptors (Lipinski definition) is 9. The highest BCUT2D eigenvalue weighted by atomic mass is 16.5. The van der Waals surface area contributed by atoms with Gasteiger partial charge in [0.1, 0.15) is 12.1 Å². The molecule has 1 unspecified atom stereocenters. The van der Waals surface area contributed by atoms with Crippen molar-refractivity contribution in [3.8, 4) is 6.01 Å². The molecule has 0 amide bonds. The number of fused-ring (bicyclic) bond motifs is 1. The number of rotatable bonds is 10. The van der Waals surface area contributed by atoms with Crippen LogP contribution in [0.1, 0.15) is 23.6 Å². The number of esters is 1. The quantitative estimate of drug-likeness (QED) is 0.311. The van der Waals surface area contributed by atoms with Crippen molar-refractivity contribution in [2.75, 3.05) is 40.2 Å². The zero-order valence-corrected chi connectivity index (χ0v) is 17.7. The van der Waals surface area contributed by atoms with E-state index in [1.165, 1.54) is 11.7 Å². The summed E-state index contributed by atoms with van der Waals surface area (Å²) < 4.78 is 16.6. The average molecular weight is 430 g/mol. The van der Waals surface area contributed by atoms with Gasteiger partial charge in [-0.15, -0.1) is 0 Å². The van der Waals surface area contributed by atoms with E-state index in [0.29, 0.717) is 17.8 Å². The van der Waals surface area contributed by atoms with E-state index in [1.54, 1.807) is 14.2 Å². The Labute approximate surface area is 178 Å². The van der Waals surface area contributed by atoms with Crippen molar-refractivity contribution in [2.45, 2.75) is 19.0 Å². The molecule has 0 saturated carbocycles. The topological polar surface area (TPSA) is 146 Å². The summed E-state index contributed by atoms with van der Waals surface area (Å²) in [4.78, 5) is 35.2. The maximum absolute atomic E-state index is 12.5. The fourth-order valence-electron chi connectivity index (χ4n) is 3.13. The Morgan fingerprint density at radius 2 is 1.97 bits per heavy atom. The van der Waals surface area contributed by atoms with Crippen molar-refractivity contribution in [1.29, 1.82) is 0 Å². The number of benzene rings is 1. The van der Waals surface area contributed by atoms with E-state index in [9.17, 15) is 9.59 Å². The first-order valence-corrected chi connectivity index (χ1v) is 9.67. The minimum absolute atomic E-state index is 0.0739. The highest BCUT2D eigenvalue weighted by Crippen LogP contribution is 2.20. The smallest absolute Gasteiger partial charge is 0.328 e. The molecule has 3 rings (SSSR count). The van der Waals surface area contributed by atoms with Gasteiger partial charge in [0.15, 0.2) is 11.5 Å². The molecule has 0 aliphatic carbocycles. The molecule has 0 aliphatic heterocycles. The first-order chi connectivity index (χ1) is 15.0. The van der Waals surface area contributed by atoms with Gasteiger partial charge in [-0.05, 0) is 18.2 Å². The fourth-order valence-corrected chi connectivity index (χ4v) is 3.13. The normalized spacial score (nSPS) is 12.1. The summed E-state index contributed by atoms with van der Waals surface area (Å²) in [5.74, 6) is -0.169. The molecular weight excluding hydrogens is 404 g/mol. The van der Waals surface area contributed by atoms with Crippen LogP contribution in [0.4, 0.5) is 5.82 Å². The SMILES string of the molecule is CNC(CC(=O)OC)c1ccc(Cn2c(=O)[nH]c3c(N)nc(OCCOC)nc32)cc1. The molecule has 0 saturated heterocycles. The Hall–Kier alpha value is -3.44. The molecule has 1 aromatic carbocycles. The Bertz CT molecular complexity index is 1090. The Kier molecular flexibility index (Phi) is 7.21. The zero-order chi connectivity index (χ0) is 22.4. The number of nitrogens with two attached hydrogens (primary N) is 1. The summed E-state index contributed by atoms with van der Waals surface area (Å²) >= 11 is 0. The molecule has 11 heteroatoms. The van der Waals surface area contributed by atoms with Crippen LogP contribution < -0.4 is 21.5 Å². The lowest BCUT2D eigenvalue weighted by Crippen LogP contribution is -2.21. The molecule has 0 bridgehead atoms. The minimum Gasteiger partial charge on any atom is -0.469 e. The molecular formula is C20H26N6O5. The molecule has 2 aromatic heterocycles. The number of nitrogen functional groups attached to an aromatic ring is 1. The summed E-state index contributed by atoms with van der Waals surface area (Å²) in [7, 11) is 4.70. The van der Waals surface area contributed by atoms with E-state index in [4.69, 9.17) is 19.9 Å². The summed E-state index contributed by atoms with van der Waals surface area (Å²) in [6.07, 6.45) is 0.219. The van der Waals surface area contributed by atoms with Crippen LogP contribution in [0.15, 0.2) is 29.1 Å². The van der Waals surface area contributed by atoms with Crippen molar-refractivity contribution in [3.63, 3.8) is 0 Å². The number of ether oxygens (including phenoxy) is 3. The lowest BCUT2D eigenvalue weighted by Gasteiger charge is -2.15. The number of hydrogen-bond donors (Lipinski definition) is 3. The number of imidazole rings is 1. The van der Waals surface area contributed by atoms with E-state index in [2.05, 4.69) is 20.3 Å². The van der Waals surface area contributed by atoms with Crippen molar-refractivity contribution >= 4 is 23.0 Å². The third-order valence-electron chi connectivity index (χ3n) is 4.82. The number of nitrogens with one attached hydrogen (secondary N) is 2. The van der Waals surface area contributed by atoms with Gasteiger partial charge >= 0.3 is 17.7 Å². The van der Waals surface area contributed by atoms with Gasteiger partial charge < -0.3 is 30.2 Å². The molecule has 31 heavy (non-hydrogen) atoms. The van der Waals surface area contributed by atoms with Gasteiger partial charge in [0.25, 0.3) is 0 Å². The fraction of sp³-hybridized carbons (Fsp3) is 0.400. The number of methoxy groups -OCH3 is 2. The molecule has 0 fully saturated rings. The third kappa shape index (κ3) is 5.19. The molecule has 0 aliphatic rings. The highest BCUT2D eigenvalue weighted by molar-refractivity contribution is 5.82. The van der Waals surface area contributed by atoms with Gasteiger partial charge in [-0.1, -0.05) is 24.3 Å². The zero-order valence-electron chi connectivity index (χ0n) is 17.7. The van der Waals surface area contributed by atoms with Crippen LogP contribution in [0, 0.1) is 0 Å². The van der Waals surface area contributed by atoms with Gasteiger partial charge in [0, 0.05) is 13.2 Å². The van der Waals surface area contributed by atoms with Crippen LogP contribution in [-0.4, -0.2) is 60.0 Å². The second-order valence-electron chi connectivity index (χ2n) is 6.81. The molecule has 0 radical (unpaired) electrons. The molecule has 11 nitrogen and oxygen atoms in total. The van der Waals surface area contributed by atoms with Crippen molar-refractivity contribution in [2.24, 2.45) is 0 Å². The number of aromatic nitrogens is 4. The van der Waals surface area contributed by atoms with Crippen LogP contribution in [0.2, 0.25) is 0 Å². The van der Waals surface area contributed by atoms with Crippen molar-refractivity contribution in [1.82, 2.24) is 24.8 Å². The van der Waals surface area contributed by atoms with E-state index in [1.807, 2.05) is 24.3 Å². The predicted octanol–water partition coefficient (Wildman–Crippen LogP) is 0.599. The summed E-state index contributed by atoms with van der Waals surface area (Å²) in [5.41, 5.74) is 8.13. The highest BCUT2D eigenvalue weighted by Gasteiger charge is 2.17. The Morgan fingerprint density at radius 3 is 2.61 bits per heavy atom. The monoisotopic (exact) mass is 430 g/mol. The Balaban J connectivity index is 1.84. The van der Waals surface area contributed by atoms with Crippen LogP contribution >= 0.6 is 0 Å². The van der Waals surface area contributed by atoms with Crippen LogP contribution in [0.5, 0.6) is 6.01 Å². The van der Waals surface area contributed by atoms with Gasteiger partial charge in [-0.2, -0.15) is 9.97 Å². The van der Waals surface area contributed by atoms with E-state index < -0.39 is 0 Å². The molecule has 166 valence electrons. The molecule has 0 spiro atoms. The van der Waals surface area contributed by atoms with Gasteiger partial charge in [0.05, 0.1) is 26.7 Å². The maximum Gasteiger partial charge on any atom is 0.328 e. The van der Waals surface area contributed by atoms with E-state index >= 15 is 0 Å². The maximum atomic E-state index is 12.5. The van der Waals surface area contributed by atoms with Gasteiger partial charge in [-0.25, -0.2) is 4.79 Å². The standard InChI is InChI=1S/C20H26N6O5/c1-22-14(10-15(27)30-3)13-6-4-12(5-7-13)11-26-18-16(23-20(26)28)17(21)24-19(25-18)31-9-8-29-2/h4-7,14,22H,8-11H2,1-3H3,(H,23,28)(H2,21,24,25). The van der Waals surface area contributed by atoms with E-state index in [0.717, 1.165) is 11.1 Å². The van der Waals surface area contributed by atoms with Crippen LogP contribution in [0.25, 0.3) is 11.2 Å². The van der Waals surface area contributed by atoms with E-state index in [-0.39, 0.29) is 49.1 Å². The number of carbonyl (C=O) groups excluding carboxylic acids is 1. The molecule has 4 N–H and O–H groups in total. The first-order valence-electron chi connectivity index (χ1n) is 9.67. The lowest BCUT2D eigenvalue weighted by molar-refractivity contribution is -0.141. The number of nitrogens with zero attached hydrogens (tertiary/aromatic N) is 3. The second-order valence-corrected chi connectivity index (χ2v) is 6.81. The second kappa shape index (κ2) is 10.0. The number of anilines is 1. The molecule has 1 atom stereocenters. The third-order valence-corrected chi connectivity index (χ3v) is 4.82. The number of aromatic amines is 1. The summed E-state index contributed by atoms with van der Waals surface area (Å²) in [6, 6.07) is 7.50. The summed E-state index contributed by atoms with van der Waals surface area (Å²) in [5, 5.41) is 3.10. The first kappa shape index (κ1) is 22.2. The predicted molar refractivity (Wildman–Crippen MR) is 114 cm³/mol. The van der Waals surface area contributed by atoms with Crippen molar-refractivity contribution < 1.29 is 19.0 Å². The Morgan fingerprint density at radius 1 is 1.23 bits per heavy atom.